The Balaban J connectivity index is 1.99. The van der Waals surface area contributed by atoms with Gasteiger partial charge in [0, 0.05) is 29.7 Å². The molecule has 1 heterocycles. The average molecular weight is 316 g/mol. The van der Waals surface area contributed by atoms with Crippen molar-refractivity contribution in [1.29, 1.82) is 0 Å². The molecule has 2 rings (SSSR count). The van der Waals surface area contributed by atoms with Crippen molar-refractivity contribution < 1.29 is 23.1 Å². The maximum atomic E-state index is 12.1. The fraction of sp³-hybridized carbons (Fsp3) is 0.385. The molecule has 8 heteroatoms. The summed E-state index contributed by atoms with van der Waals surface area (Å²) in [4.78, 5) is 23.5. The number of amides is 2. The molecule has 0 aromatic heterocycles. The number of ether oxygens (including phenoxy) is 1. The third-order valence-corrected chi connectivity index (χ3v) is 3.80. The SMILES string of the molecule is O=C1CCSCC(C(=O)Nc2cccc(OC(F)F)c2)N1. The highest BCUT2D eigenvalue weighted by atomic mass is 32.2. The van der Waals surface area contributed by atoms with Gasteiger partial charge in [0.15, 0.2) is 0 Å². The van der Waals surface area contributed by atoms with Gasteiger partial charge in [-0.15, -0.1) is 0 Å². The molecule has 1 unspecified atom stereocenters. The number of thioether (sulfide) groups is 1. The monoisotopic (exact) mass is 316 g/mol. The number of alkyl halides is 2. The molecule has 0 spiro atoms. The number of carbonyl (C=O) groups excluding carboxylic acids is 2. The number of rotatable bonds is 4. The molecular weight excluding hydrogens is 302 g/mol. The van der Waals surface area contributed by atoms with Crippen molar-refractivity contribution in [3.8, 4) is 5.75 Å². The predicted octanol–water partition coefficient (Wildman–Crippen LogP) is 1.85. The van der Waals surface area contributed by atoms with E-state index in [1.165, 1.54) is 30.0 Å². The molecule has 1 fully saturated rings. The van der Waals surface area contributed by atoms with Crippen LogP contribution >= 0.6 is 11.8 Å². The summed E-state index contributed by atoms with van der Waals surface area (Å²) in [5.41, 5.74) is 0.335. The largest absolute Gasteiger partial charge is 0.435 e. The van der Waals surface area contributed by atoms with E-state index in [1.807, 2.05) is 0 Å². The van der Waals surface area contributed by atoms with Gasteiger partial charge >= 0.3 is 6.61 Å². The molecule has 21 heavy (non-hydrogen) atoms. The molecule has 0 bridgehead atoms. The van der Waals surface area contributed by atoms with Crippen LogP contribution in [0.15, 0.2) is 24.3 Å². The molecule has 1 aromatic rings. The number of hydrogen-bond donors (Lipinski definition) is 2. The molecule has 1 aliphatic rings. The zero-order valence-corrected chi connectivity index (χ0v) is 11.8. The summed E-state index contributed by atoms with van der Waals surface area (Å²) in [5.74, 6) is 0.557. The van der Waals surface area contributed by atoms with E-state index in [1.54, 1.807) is 6.07 Å². The summed E-state index contributed by atoms with van der Waals surface area (Å²) < 4.78 is 28.5. The maximum Gasteiger partial charge on any atom is 0.387 e. The standard InChI is InChI=1S/C13H14F2N2O3S/c14-13(15)20-9-3-1-2-8(6-9)16-12(19)10-7-21-5-4-11(18)17-10/h1-3,6,10,13H,4-5,7H2,(H,16,19)(H,17,18). The first-order valence-electron chi connectivity index (χ1n) is 6.27. The van der Waals surface area contributed by atoms with E-state index in [2.05, 4.69) is 15.4 Å². The summed E-state index contributed by atoms with van der Waals surface area (Å²) in [6.07, 6.45) is 0.381. The highest BCUT2D eigenvalue weighted by molar-refractivity contribution is 7.99. The van der Waals surface area contributed by atoms with Crippen LogP contribution in [-0.4, -0.2) is 36.0 Å². The lowest BCUT2D eigenvalue weighted by Crippen LogP contribution is -2.44. The number of nitrogens with one attached hydrogen (secondary N) is 2. The van der Waals surface area contributed by atoms with Crippen molar-refractivity contribution in [3.05, 3.63) is 24.3 Å². The lowest BCUT2D eigenvalue weighted by molar-refractivity contribution is -0.125. The number of benzene rings is 1. The van der Waals surface area contributed by atoms with Crippen LogP contribution in [0.5, 0.6) is 5.75 Å². The Morgan fingerprint density at radius 3 is 3.05 bits per heavy atom. The maximum absolute atomic E-state index is 12.1. The molecule has 1 saturated heterocycles. The second-order valence-electron chi connectivity index (χ2n) is 4.34. The smallest absolute Gasteiger partial charge is 0.387 e. The summed E-state index contributed by atoms with van der Waals surface area (Å²) >= 11 is 1.51. The van der Waals surface area contributed by atoms with Gasteiger partial charge in [0.05, 0.1) is 0 Å². The first kappa shape index (κ1) is 15.6. The second-order valence-corrected chi connectivity index (χ2v) is 5.49. The molecule has 0 aliphatic carbocycles. The van der Waals surface area contributed by atoms with Gasteiger partial charge in [-0.25, -0.2) is 0 Å². The molecule has 0 radical (unpaired) electrons. The number of hydrogen-bond acceptors (Lipinski definition) is 4. The minimum absolute atomic E-state index is 0.0397. The lowest BCUT2D eigenvalue weighted by atomic mass is 10.2. The van der Waals surface area contributed by atoms with Crippen LogP contribution in [0.2, 0.25) is 0 Å². The minimum atomic E-state index is -2.92. The van der Waals surface area contributed by atoms with Crippen LogP contribution in [0.4, 0.5) is 14.5 Å². The predicted molar refractivity (Wildman–Crippen MR) is 75.6 cm³/mol. The van der Waals surface area contributed by atoms with E-state index in [4.69, 9.17) is 0 Å². The van der Waals surface area contributed by atoms with Gasteiger partial charge in [0.2, 0.25) is 11.8 Å². The third kappa shape index (κ3) is 4.89. The Hall–Kier alpha value is -1.83. The van der Waals surface area contributed by atoms with Gasteiger partial charge in [0.1, 0.15) is 11.8 Å². The summed E-state index contributed by atoms with van der Waals surface area (Å²) in [6, 6.07) is 5.08. The Morgan fingerprint density at radius 2 is 2.29 bits per heavy atom. The molecule has 1 aromatic carbocycles. The van der Waals surface area contributed by atoms with E-state index in [-0.39, 0.29) is 17.6 Å². The van der Waals surface area contributed by atoms with Gasteiger partial charge in [0.25, 0.3) is 0 Å². The third-order valence-electron chi connectivity index (χ3n) is 2.74. The number of carbonyl (C=O) groups is 2. The Labute approximate surface area is 124 Å². The van der Waals surface area contributed by atoms with Gasteiger partial charge in [-0.1, -0.05) is 6.07 Å². The van der Waals surface area contributed by atoms with Gasteiger partial charge < -0.3 is 15.4 Å². The second kappa shape index (κ2) is 7.26. The van der Waals surface area contributed by atoms with Crippen LogP contribution in [0.3, 0.4) is 0 Å². The van der Waals surface area contributed by atoms with Crippen molar-refractivity contribution in [1.82, 2.24) is 5.32 Å². The van der Waals surface area contributed by atoms with Crippen molar-refractivity contribution in [3.63, 3.8) is 0 Å². The molecule has 1 aliphatic heterocycles. The molecule has 2 amide bonds. The first-order chi connectivity index (χ1) is 10.0. The van der Waals surface area contributed by atoms with Gasteiger partial charge in [-0.05, 0) is 12.1 Å². The summed E-state index contributed by atoms with van der Waals surface area (Å²) in [5, 5.41) is 5.20. The molecule has 0 saturated carbocycles. The Kier molecular flexibility index (Phi) is 5.38. The van der Waals surface area contributed by atoms with E-state index < -0.39 is 12.7 Å². The quantitative estimate of drug-likeness (QED) is 0.889. The molecule has 2 N–H and O–H groups in total. The molecule has 1 atom stereocenters. The van der Waals surface area contributed by atoms with Crippen LogP contribution in [0, 0.1) is 0 Å². The molecular formula is C13H14F2N2O3S. The average Bonchev–Trinajstić information content (AvgIpc) is 2.63. The van der Waals surface area contributed by atoms with Gasteiger partial charge in [-0.2, -0.15) is 20.5 Å². The van der Waals surface area contributed by atoms with Crippen molar-refractivity contribution in [2.75, 3.05) is 16.8 Å². The first-order valence-corrected chi connectivity index (χ1v) is 7.43. The number of anilines is 1. The fourth-order valence-corrected chi connectivity index (χ4v) is 2.76. The number of halogens is 2. The van der Waals surface area contributed by atoms with E-state index in [9.17, 15) is 18.4 Å². The van der Waals surface area contributed by atoms with Crippen LogP contribution in [-0.2, 0) is 9.59 Å². The van der Waals surface area contributed by atoms with Crippen LogP contribution < -0.4 is 15.4 Å². The lowest BCUT2D eigenvalue weighted by Gasteiger charge is -2.15. The van der Waals surface area contributed by atoms with Crippen molar-refractivity contribution in [2.45, 2.75) is 19.1 Å². The highest BCUT2D eigenvalue weighted by Gasteiger charge is 2.23. The Morgan fingerprint density at radius 1 is 1.48 bits per heavy atom. The normalized spacial score (nSPS) is 18.8. The van der Waals surface area contributed by atoms with E-state index in [0.717, 1.165) is 0 Å². The fourth-order valence-electron chi connectivity index (χ4n) is 1.79. The molecule has 114 valence electrons. The van der Waals surface area contributed by atoms with E-state index >= 15 is 0 Å². The zero-order valence-electron chi connectivity index (χ0n) is 11.0. The molecule has 5 nitrogen and oxygen atoms in total. The Bertz CT molecular complexity index is 528. The van der Waals surface area contributed by atoms with Crippen LogP contribution in [0.1, 0.15) is 6.42 Å². The zero-order chi connectivity index (χ0) is 15.2. The summed E-state index contributed by atoms with van der Waals surface area (Å²) in [6.45, 7) is -2.92. The van der Waals surface area contributed by atoms with E-state index in [0.29, 0.717) is 23.6 Å². The topological polar surface area (TPSA) is 67.4 Å². The van der Waals surface area contributed by atoms with Gasteiger partial charge in [-0.3, -0.25) is 9.59 Å². The van der Waals surface area contributed by atoms with Crippen LogP contribution in [0.25, 0.3) is 0 Å². The summed E-state index contributed by atoms with van der Waals surface area (Å²) in [7, 11) is 0. The van der Waals surface area contributed by atoms with Crippen molar-refractivity contribution >= 4 is 29.3 Å². The highest BCUT2D eigenvalue weighted by Crippen LogP contribution is 2.20. The van der Waals surface area contributed by atoms with Crippen molar-refractivity contribution in [2.24, 2.45) is 0 Å². The minimum Gasteiger partial charge on any atom is -0.435 e.